The fourth-order valence-electron chi connectivity index (χ4n) is 2.10. The molecule has 1 aromatic rings. The van der Waals surface area contributed by atoms with Gasteiger partial charge in [-0.15, -0.1) is 0 Å². The second-order valence-corrected chi connectivity index (χ2v) is 7.59. The molecule has 1 aromatic carbocycles. The summed E-state index contributed by atoms with van der Waals surface area (Å²) in [6.45, 7) is 3.65. The van der Waals surface area contributed by atoms with Crippen LogP contribution in [0.15, 0.2) is 35.2 Å². The molecule has 0 saturated carbocycles. The average molecular weight is 465 g/mol. The molecule has 178 valence electrons. The second-order valence-electron chi connectivity index (χ2n) is 5.98. The molecule has 0 radical (unpaired) electrons. The van der Waals surface area contributed by atoms with Crippen LogP contribution in [0.3, 0.4) is 0 Å². The topological polar surface area (TPSA) is 116 Å². The summed E-state index contributed by atoms with van der Waals surface area (Å²) in [5, 5.41) is 0. The van der Waals surface area contributed by atoms with Crippen LogP contribution in [0, 0.1) is 0 Å². The van der Waals surface area contributed by atoms with Crippen molar-refractivity contribution in [3.63, 3.8) is 0 Å². The SMILES string of the molecule is COC(=O)CCOCCOCCOCCOCCOCCOS(=O)(=O)c1ccccc1. The highest BCUT2D eigenvalue weighted by Gasteiger charge is 2.13. The molecule has 31 heavy (non-hydrogen) atoms. The largest absolute Gasteiger partial charge is 0.469 e. The molecule has 0 aliphatic heterocycles. The number of carbonyl (C=O) groups is 1. The minimum absolute atomic E-state index is 0.0589. The number of benzene rings is 1. The molecule has 1 rings (SSSR count). The molecule has 0 heterocycles. The summed E-state index contributed by atoms with van der Waals surface area (Å²) in [4.78, 5) is 11.0. The lowest BCUT2D eigenvalue weighted by molar-refractivity contribution is -0.141. The van der Waals surface area contributed by atoms with E-state index < -0.39 is 10.1 Å². The van der Waals surface area contributed by atoms with Gasteiger partial charge in [0.25, 0.3) is 10.1 Å². The highest BCUT2D eigenvalue weighted by Crippen LogP contribution is 2.10. The van der Waals surface area contributed by atoms with Crippen molar-refractivity contribution < 1.29 is 45.8 Å². The Morgan fingerprint density at radius 3 is 1.55 bits per heavy atom. The first-order valence-corrected chi connectivity index (χ1v) is 11.4. The van der Waals surface area contributed by atoms with E-state index in [0.29, 0.717) is 59.5 Å². The summed E-state index contributed by atoms with van der Waals surface area (Å²) in [5.41, 5.74) is 0. The molecule has 0 saturated heterocycles. The van der Waals surface area contributed by atoms with Gasteiger partial charge in [0.15, 0.2) is 0 Å². The summed E-state index contributed by atoms with van der Waals surface area (Å²) in [6.07, 6.45) is 0.231. The summed E-state index contributed by atoms with van der Waals surface area (Å²) in [7, 11) is -2.41. The van der Waals surface area contributed by atoms with Crippen LogP contribution in [0.4, 0.5) is 0 Å². The lowest BCUT2D eigenvalue weighted by Crippen LogP contribution is -2.15. The maximum atomic E-state index is 11.9. The van der Waals surface area contributed by atoms with Crippen molar-refractivity contribution in [2.75, 3.05) is 79.8 Å². The third-order valence-corrected chi connectivity index (χ3v) is 4.99. The van der Waals surface area contributed by atoms with Crippen molar-refractivity contribution in [2.45, 2.75) is 11.3 Å². The molecule has 0 aromatic heterocycles. The van der Waals surface area contributed by atoms with Gasteiger partial charge in [-0.05, 0) is 12.1 Å². The molecule has 0 aliphatic rings. The van der Waals surface area contributed by atoms with Gasteiger partial charge in [0.1, 0.15) is 0 Å². The van der Waals surface area contributed by atoms with E-state index in [1.54, 1.807) is 18.2 Å². The Kier molecular flexibility index (Phi) is 15.9. The first-order valence-electron chi connectivity index (χ1n) is 9.96. The molecule has 0 bridgehead atoms. The van der Waals surface area contributed by atoms with Gasteiger partial charge >= 0.3 is 5.97 Å². The zero-order chi connectivity index (χ0) is 22.6. The van der Waals surface area contributed by atoms with E-state index in [9.17, 15) is 13.2 Å². The summed E-state index contributed by atoms with van der Waals surface area (Å²) in [6, 6.07) is 7.95. The summed E-state index contributed by atoms with van der Waals surface area (Å²) in [5.74, 6) is -0.300. The van der Waals surface area contributed by atoms with Crippen LogP contribution in [-0.2, 0) is 47.5 Å². The second kappa shape index (κ2) is 18.0. The Bertz CT molecular complexity index is 666. The Labute approximate surface area is 183 Å². The van der Waals surface area contributed by atoms with Crippen molar-refractivity contribution in [1.82, 2.24) is 0 Å². The Balaban J connectivity index is 1.79. The maximum absolute atomic E-state index is 11.9. The molecule has 0 atom stereocenters. The fraction of sp³-hybridized carbons (Fsp3) is 0.650. The van der Waals surface area contributed by atoms with Crippen LogP contribution >= 0.6 is 0 Å². The number of hydrogen-bond donors (Lipinski definition) is 0. The molecule has 0 unspecified atom stereocenters. The highest BCUT2D eigenvalue weighted by atomic mass is 32.2. The van der Waals surface area contributed by atoms with Gasteiger partial charge in [0, 0.05) is 0 Å². The van der Waals surface area contributed by atoms with Gasteiger partial charge in [0.05, 0.1) is 91.1 Å². The van der Waals surface area contributed by atoms with E-state index in [1.165, 1.54) is 19.2 Å². The number of methoxy groups -OCH3 is 1. The number of carbonyl (C=O) groups excluding carboxylic acids is 1. The zero-order valence-corrected chi connectivity index (χ0v) is 18.7. The lowest BCUT2D eigenvalue weighted by atomic mass is 10.4. The van der Waals surface area contributed by atoms with Crippen LogP contribution in [-0.4, -0.2) is 94.2 Å². The lowest BCUT2D eigenvalue weighted by Gasteiger charge is -2.08. The predicted octanol–water partition coefficient (Wildman–Crippen LogP) is 1.04. The summed E-state index contributed by atoms with van der Waals surface area (Å²) >= 11 is 0. The normalized spacial score (nSPS) is 11.5. The van der Waals surface area contributed by atoms with Crippen LogP contribution < -0.4 is 0 Å². The van der Waals surface area contributed by atoms with Crippen molar-refractivity contribution in [2.24, 2.45) is 0 Å². The molecule has 0 aliphatic carbocycles. The first kappa shape index (κ1) is 27.4. The molecule has 0 N–H and O–H groups in total. The molecular formula is C20H32O10S. The van der Waals surface area contributed by atoms with Gasteiger partial charge in [-0.25, -0.2) is 0 Å². The third-order valence-electron chi connectivity index (χ3n) is 3.66. The minimum atomic E-state index is -3.75. The van der Waals surface area contributed by atoms with Gasteiger partial charge < -0.3 is 28.4 Å². The van der Waals surface area contributed by atoms with E-state index in [0.717, 1.165) is 0 Å². The minimum Gasteiger partial charge on any atom is -0.469 e. The van der Waals surface area contributed by atoms with Crippen LogP contribution in [0.5, 0.6) is 0 Å². The van der Waals surface area contributed by atoms with E-state index in [-0.39, 0.29) is 30.5 Å². The average Bonchev–Trinajstić information content (AvgIpc) is 2.78. The van der Waals surface area contributed by atoms with Crippen LogP contribution in [0.2, 0.25) is 0 Å². The van der Waals surface area contributed by atoms with Gasteiger partial charge in [0.2, 0.25) is 0 Å². The monoisotopic (exact) mass is 464 g/mol. The first-order chi connectivity index (χ1) is 15.1. The van der Waals surface area contributed by atoms with E-state index in [2.05, 4.69) is 4.74 Å². The van der Waals surface area contributed by atoms with Crippen molar-refractivity contribution >= 4 is 16.1 Å². The Morgan fingerprint density at radius 2 is 1.10 bits per heavy atom. The molecule has 0 spiro atoms. The van der Waals surface area contributed by atoms with Gasteiger partial charge in [-0.3, -0.25) is 8.98 Å². The quantitative estimate of drug-likeness (QED) is 0.157. The molecular weight excluding hydrogens is 432 g/mol. The Morgan fingerprint density at radius 1 is 0.677 bits per heavy atom. The predicted molar refractivity (Wildman–Crippen MR) is 110 cm³/mol. The summed E-state index contributed by atoms with van der Waals surface area (Å²) < 4.78 is 59.7. The van der Waals surface area contributed by atoms with E-state index >= 15 is 0 Å². The van der Waals surface area contributed by atoms with E-state index in [4.69, 9.17) is 27.9 Å². The van der Waals surface area contributed by atoms with Crippen molar-refractivity contribution in [1.29, 1.82) is 0 Å². The number of ether oxygens (including phenoxy) is 6. The van der Waals surface area contributed by atoms with E-state index in [1.807, 2.05) is 0 Å². The molecule has 11 heteroatoms. The number of hydrogen-bond acceptors (Lipinski definition) is 10. The van der Waals surface area contributed by atoms with Crippen LogP contribution in [0.1, 0.15) is 6.42 Å². The molecule has 10 nitrogen and oxygen atoms in total. The van der Waals surface area contributed by atoms with Gasteiger partial charge in [-0.2, -0.15) is 8.42 Å². The molecule has 0 fully saturated rings. The number of esters is 1. The maximum Gasteiger partial charge on any atom is 0.307 e. The van der Waals surface area contributed by atoms with Gasteiger partial charge in [-0.1, -0.05) is 18.2 Å². The smallest absolute Gasteiger partial charge is 0.307 e. The fourth-order valence-corrected chi connectivity index (χ4v) is 3.01. The highest BCUT2D eigenvalue weighted by molar-refractivity contribution is 7.86. The van der Waals surface area contributed by atoms with Crippen molar-refractivity contribution in [3.8, 4) is 0 Å². The van der Waals surface area contributed by atoms with Crippen molar-refractivity contribution in [3.05, 3.63) is 30.3 Å². The van der Waals surface area contributed by atoms with Crippen LogP contribution in [0.25, 0.3) is 0 Å². The standard InChI is InChI=1S/C20H32O10S/c1-24-20(21)7-8-25-9-10-26-11-12-27-13-14-28-15-16-29-17-18-30-31(22,23)19-5-3-2-4-6-19/h2-6H,7-18H2,1H3. The molecule has 0 amide bonds. The third kappa shape index (κ3) is 14.9. The Hall–Kier alpha value is -1.60. The number of rotatable bonds is 20. The zero-order valence-electron chi connectivity index (χ0n) is 17.9.